The molecule has 0 aliphatic carbocycles. The Bertz CT molecular complexity index is 733. The van der Waals surface area contributed by atoms with Crippen molar-refractivity contribution in [2.45, 2.75) is 25.9 Å². The Morgan fingerprint density at radius 2 is 2.00 bits per heavy atom. The lowest BCUT2D eigenvalue weighted by Gasteiger charge is -2.22. The van der Waals surface area contributed by atoms with Gasteiger partial charge in [0.15, 0.2) is 0 Å². The first-order chi connectivity index (χ1) is 11.6. The van der Waals surface area contributed by atoms with Crippen molar-refractivity contribution in [2.75, 3.05) is 11.9 Å². The van der Waals surface area contributed by atoms with Gasteiger partial charge in [-0.2, -0.15) is 0 Å². The van der Waals surface area contributed by atoms with Gasteiger partial charge < -0.3 is 16.4 Å². The molecular weight excluding hydrogens is 305 g/mol. The van der Waals surface area contributed by atoms with Crippen LogP contribution in [0.3, 0.4) is 0 Å². The molecule has 2 aromatic carbocycles. The topological polar surface area (TPSA) is 67.2 Å². The molecule has 126 valence electrons. The van der Waals surface area contributed by atoms with Gasteiger partial charge in [0.2, 0.25) is 5.91 Å². The number of hydrogen-bond acceptors (Lipinski definition) is 3. The third-order valence-corrected chi connectivity index (χ3v) is 4.60. The van der Waals surface area contributed by atoms with Crippen molar-refractivity contribution in [3.63, 3.8) is 0 Å². The van der Waals surface area contributed by atoms with Gasteiger partial charge in [-0.05, 0) is 35.7 Å². The Morgan fingerprint density at radius 3 is 2.75 bits per heavy atom. The van der Waals surface area contributed by atoms with Crippen molar-refractivity contribution in [2.24, 2.45) is 11.7 Å². The summed E-state index contributed by atoms with van der Waals surface area (Å²) in [6, 6.07) is 12.5. The van der Waals surface area contributed by atoms with Gasteiger partial charge in [0.05, 0.1) is 11.6 Å². The van der Waals surface area contributed by atoms with Crippen LogP contribution in [0.5, 0.6) is 0 Å². The Balaban J connectivity index is 1.75. The summed E-state index contributed by atoms with van der Waals surface area (Å²) in [5.74, 6) is -1.08. The lowest BCUT2D eigenvalue weighted by Crippen LogP contribution is -2.31. The first kappa shape index (κ1) is 16.6. The molecule has 1 amide bonds. The Hall–Kier alpha value is -2.24. The maximum atomic E-state index is 14.6. The molecule has 0 aromatic heterocycles. The van der Waals surface area contributed by atoms with Gasteiger partial charge in [-0.25, -0.2) is 4.39 Å². The maximum Gasteiger partial charge on any atom is 0.229 e. The van der Waals surface area contributed by atoms with E-state index in [0.29, 0.717) is 18.5 Å². The quantitative estimate of drug-likeness (QED) is 0.809. The molecule has 4 N–H and O–H groups in total. The van der Waals surface area contributed by atoms with Crippen LogP contribution in [0.2, 0.25) is 0 Å². The monoisotopic (exact) mass is 327 g/mol. The van der Waals surface area contributed by atoms with Crippen LogP contribution in [0.15, 0.2) is 42.5 Å². The molecule has 4 nitrogen and oxygen atoms in total. The zero-order chi connectivity index (χ0) is 17.1. The molecule has 24 heavy (non-hydrogen) atoms. The third kappa shape index (κ3) is 3.32. The summed E-state index contributed by atoms with van der Waals surface area (Å²) in [6.45, 7) is 3.17. The highest BCUT2D eigenvalue weighted by atomic mass is 19.1. The highest BCUT2D eigenvalue weighted by Gasteiger charge is 2.24. The van der Waals surface area contributed by atoms with E-state index in [9.17, 15) is 9.18 Å². The summed E-state index contributed by atoms with van der Waals surface area (Å²) in [5, 5.41) is 5.91. The van der Waals surface area contributed by atoms with E-state index < -0.39 is 12.0 Å². The van der Waals surface area contributed by atoms with Crippen molar-refractivity contribution in [1.82, 2.24) is 5.32 Å². The van der Waals surface area contributed by atoms with E-state index >= 15 is 0 Å². The van der Waals surface area contributed by atoms with E-state index in [1.54, 1.807) is 13.0 Å². The first-order valence-electron chi connectivity index (χ1n) is 8.20. The molecular formula is C19H22FN3O. The number of benzene rings is 2. The van der Waals surface area contributed by atoms with E-state index in [1.165, 1.54) is 0 Å². The van der Waals surface area contributed by atoms with E-state index in [1.807, 2.05) is 36.4 Å². The van der Waals surface area contributed by atoms with Crippen molar-refractivity contribution in [3.05, 3.63) is 65.0 Å². The zero-order valence-electron chi connectivity index (χ0n) is 13.7. The molecule has 2 unspecified atom stereocenters. The molecule has 0 fully saturated rings. The lowest BCUT2D eigenvalue weighted by atomic mass is 9.94. The first-order valence-corrected chi connectivity index (χ1v) is 8.20. The lowest BCUT2D eigenvalue weighted by molar-refractivity contribution is -0.120. The second-order valence-corrected chi connectivity index (χ2v) is 6.21. The molecule has 1 heterocycles. The summed E-state index contributed by atoms with van der Waals surface area (Å²) in [6.07, 6.45) is 0.629. The van der Waals surface area contributed by atoms with Crippen LogP contribution in [0.4, 0.5) is 10.1 Å². The second kappa shape index (κ2) is 7.11. The van der Waals surface area contributed by atoms with Crippen LogP contribution in [-0.2, 0) is 17.8 Å². The average Bonchev–Trinajstić information content (AvgIpc) is 2.63. The number of fused-ring (bicyclic) bond motifs is 1. The summed E-state index contributed by atoms with van der Waals surface area (Å²) in [4.78, 5) is 12.5. The highest BCUT2D eigenvalue weighted by molar-refractivity contribution is 5.93. The Kier molecular flexibility index (Phi) is 4.92. The number of carbonyl (C=O) groups excluding carboxylic acids is 1. The van der Waals surface area contributed by atoms with Crippen LogP contribution >= 0.6 is 0 Å². The summed E-state index contributed by atoms with van der Waals surface area (Å²) >= 11 is 0. The Morgan fingerprint density at radius 1 is 1.25 bits per heavy atom. The number of anilines is 1. The number of halogens is 1. The van der Waals surface area contributed by atoms with Crippen LogP contribution in [-0.4, -0.2) is 12.5 Å². The minimum Gasteiger partial charge on any atom is -0.323 e. The minimum absolute atomic E-state index is 0.229. The number of amides is 1. The number of carbonyl (C=O) groups is 1. The van der Waals surface area contributed by atoms with Crippen LogP contribution in [0, 0.1) is 11.7 Å². The van der Waals surface area contributed by atoms with Gasteiger partial charge in [-0.1, -0.05) is 43.3 Å². The molecule has 0 radical (unpaired) electrons. The van der Waals surface area contributed by atoms with Gasteiger partial charge in [-0.3, -0.25) is 4.79 Å². The fourth-order valence-electron chi connectivity index (χ4n) is 3.00. The average molecular weight is 327 g/mol. The SMILES string of the molecule is CC(C(=O)Nc1ccc2c(c1F)CCNC2)C(N)c1ccccc1. The molecule has 1 aliphatic heterocycles. The summed E-state index contributed by atoms with van der Waals surface area (Å²) < 4.78 is 14.6. The van der Waals surface area contributed by atoms with Gasteiger partial charge in [-0.15, -0.1) is 0 Å². The zero-order valence-corrected chi connectivity index (χ0v) is 13.7. The van der Waals surface area contributed by atoms with E-state index in [4.69, 9.17) is 5.73 Å². The molecule has 5 heteroatoms. The van der Waals surface area contributed by atoms with Gasteiger partial charge >= 0.3 is 0 Å². The van der Waals surface area contributed by atoms with Crippen LogP contribution in [0.25, 0.3) is 0 Å². The molecule has 1 aliphatic rings. The summed E-state index contributed by atoms with van der Waals surface area (Å²) in [7, 11) is 0. The number of rotatable bonds is 4. The molecule has 0 bridgehead atoms. The largest absolute Gasteiger partial charge is 0.323 e. The predicted molar refractivity (Wildman–Crippen MR) is 93.0 cm³/mol. The van der Waals surface area contributed by atoms with Crippen molar-refractivity contribution >= 4 is 11.6 Å². The predicted octanol–water partition coefficient (Wildman–Crippen LogP) is 2.75. The van der Waals surface area contributed by atoms with Gasteiger partial charge in [0.25, 0.3) is 0 Å². The molecule has 0 saturated heterocycles. The highest BCUT2D eigenvalue weighted by Crippen LogP contribution is 2.26. The van der Waals surface area contributed by atoms with Crippen molar-refractivity contribution < 1.29 is 9.18 Å². The van der Waals surface area contributed by atoms with Crippen LogP contribution < -0.4 is 16.4 Å². The number of hydrogen-bond donors (Lipinski definition) is 3. The van der Waals surface area contributed by atoms with Gasteiger partial charge in [0, 0.05) is 12.6 Å². The Labute approximate surface area is 141 Å². The number of nitrogens with two attached hydrogens (primary N) is 1. The molecule has 2 atom stereocenters. The second-order valence-electron chi connectivity index (χ2n) is 6.21. The molecule has 2 aromatic rings. The van der Waals surface area contributed by atoms with Crippen molar-refractivity contribution in [1.29, 1.82) is 0 Å². The van der Waals surface area contributed by atoms with Crippen LogP contribution in [0.1, 0.15) is 29.7 Å². The van der Waals surface area contributed by atoms with Gasteiger partial charge in [0.1, 0.15) is 5.82 Å². The fraction of sp³-hybridized carbons (Fsp3) is 0.316. The van der Waals surface area contributed by atoms with Crippen molar-refractivity contribution in [3.8, 4) is 0 Å². The van der Waals surface area contributed by atoms with E-state index in [0.717, 1.165) is 17.7 Å². The standard InChI is InChI=1S/C19H22FN3O/c1-12(18(21)13-5-3-2-4-6-13)19(24)23-16-8-7-14-11-22-10-9-15(14)17(16)20/h2-8,12,18,22H,9-11,21H2,1H3,(H,23,24). The maximum absolute atomic E-state index is 14.6. The molecule has 0 spiro atoms. The minimum atomic E-state index is -0.468. The third-order valence-electron chi connectivity index (χ3n) is 4.60. The summed E-state index contributed by atoms with van der Waals surface area (Å²) in [5.41, 5.74) is 8.93. The smallest absolute Gasteiger partial charge is 0.229 e. The van der Waals surface area contributed by atoms with E-state index in [-0.39, 0.29) is 17.4 Å². The fourth-order valence-corrected chi connectivity index (χ4v) is 3.00. The number of nitrogens with one attached hydrogen (secondary N) is 2. The molecule has 3 rings (SSSR count). The normalized spacial score (nSPS) is 16.1. The van der Waals surface area contributed by atoms with E-state index in [2.05, 4.69) is 10.6 Å². The molecule has 0 saturated carbocycles.